The summed E-state index contributed by atoms with van der Waals surface area (Å²) >= 11 is 0. The number of benzene rings is 2. The Kier molecular flexibility index (Phi) is 7.07. The van der Waals surface area contributed by atoms with E-state index in [1.54, 1.807) is 17.9 Å². The molecule has 9 nitrogen and oxygen atoms in total. The van der Waals surface area contributed by atoms with Gasteiger partial charge in [0, 0.05) is 31.7 Å². The highest BCUT2D eigenvalue weighted by Gasteiger charge is 2.47. The summed E-state index contributed by atoms with van der Waals surface area (Å²) in [6.07, 6.45) is 1.53. The Hall–Kier alpha value is -3.95. The number of ketones is 1. The van der Waals surface area contributed by atoms with Gasteiger partial charge in [0.25, 0.3) is 11.7 Å². The first-order chi connectivity index (χ1) is 18.0. The number of aliphatic hydroxyl groups excluding tert-OH is 1. The third-order valence-electron chi connectivity index (χ3n) is 7.00. The number of methoxy groups -OCH3 is 1. The van der Waals surface area contributed by atoms with Gasteiger partial charge in [-0.1, -0.05) is 36.4 Å². The maximum atomic E-state index is 13.4. The lowest BCUT2D eigenvalue weighted by atomic mass is 9.94. The third-order valence-corrected chi connectivity index (χ3v) is 7.00. The van der Waals surface area contributed by atoms with Crippen LogP contribution in [0.4, 0.5) is 0 Å². The molecular weight excluding hydrogens is 472 g/mol. The number of carbonyl (C=O) groups excluding carboxylic acids is 2. The summed E-state index contributed by atoms with van der Waals surface area (Å²) in [6, 6.07) is 16.0. The molecule has 0 saturated carbocycles. The van der Waals surface area contributed by atoms with Crippen LogP contribution in [0.1, 0.15) is 22.9 Å². The highest BCUT2D eigenvalue weighted by molar-refractivity contribution is 6.46. The molecule has 2 aliphatic rings. The summed E-state index contributed by atoms with van der Waals surface area (Å²) in [5.41, 5.74) is 2.55. The van der Waals surface area contributed by atoms with Gasteiger partial charge >= 0.3 is 0 Å². The second-order valence-electron chi connectivity index (χ2n) is 9.08. The molecule has 1 aromatic heterocycles. The molecule has 3 aromatic rings. The predicted octanol–water partition coefficient (Wildman–Crippen LogP) is 2.94. The molecule has 192 valence electrons. The quantitative estimate of drug-likeness (QED) is 0.301. The number of hydrogen-bond donors (Lipinski definition) is 1. The van der Waals surface area contributed by atoms with E-state index in [2.05, 4.69) is 10.00 Å². The lowest BCUT2D eigenvalue weighted by Crippen LogP contribution is -2.42. The van der Waals surface area contributed by atoms with Crippen LogP contribution < -0.4 is 4.74 Å². The average molecular weight is 503 g/mol. The van der Waals surface area contributed by atoms with Gasteiger partial charge in [-0.15, -0.1) is 0 Å². The number of para-hydroxylation sites is 2. The van der Waals surface area contributed by atoms with E-state index >= 15 is 0 Å². The van der Waals surface area contributed by atoms with Gasteiger partial charge in [0.2, 0.25) is 0 Å². The zero-order valence-electron chi connectivity index (χ0n) is 21.0. The summed E-state index contributed by atoms with van der Waals surface area (Å²) < 4.78 is 12.7. The second kappa shape index (κ2) is 10.6. The predicted molar refractivity (Wildman–Crippen MR) is 138 cm³/mol. The van der Waals surface area contributed by atoms with Crippen molar-refractivity contribution >= 4 is 17.4 Å². The Morgan fingerprint density at radius 1 is 1.05 bits per heavy atom. The van der Waals surface area contributed by atoms with Gasteiger partial charge in [-0.3, -0.25) is 14.5 Å². The van der Waals surface area contributed by atoms with E-state index in [1.165, 1.54) is 11.1 Å². The number of likely N-dealkylation sites (tertiary alicyclic amines) is 1. The standard InChI is InChI=1S/C28H30N4O5/c1-19-22(18-29-32(19)20-8-4-3-5-9-20)26(33)24-25(21-10-6-7-11-23(21)36-2)31(28(35)27(24)34)13-12-30-14-16-37-17-15-30/h3-11,18,25,33H,12-17H2,1-2H3/b26-24+/t25-/m1/s1. The Labute approximate surface area is 215 Å². The van der Waals surface area contributed by atoms with E-state index in [0.29, 0.717) is 48.9 Å². The molecule has 0 bridgehead atoms. The number of rotatable bonds is 7. The lowest BCUT2D eigenvalue weighted by molar-refractivity contribution is -0.140. The van der Waals surface area contributed by atoms with Gasteiger partial charge in [0.05, 0.1) is 55.1 Å². The van der Waals surface area contributed by atoms with Crippen LogP contribution in [-0.2, 0) is 14.3 Å². The zero-order valence-corrected chi connectivity index (χ0v) is 21.0. The minimum Gasteiger partial charge on any atom is -0.507 e. The van der Waals surface area contributed by atoms with Crippen molar-refractivity contribution in [2.75, 3.05) is 46.5 Å². The molecule has 1 N–H and O–H groups in total. The monoisotopic (exact) mass is 502 g/mol. The molecule has 1 atom stereocenters. The van der Waals surface area contributed by atoms with Gasteiger partial charge in [0.1, 0.15) is 11.5 Å². The van der Waals surface area contributed by atoms with Gasteiger partial charge in [0.15, 0.2) is 0 Å². The first kappa shape index (κ1) is 24.7. The Bertz CT molecular complexity index is 1330. The number of ether oxygens (including phenoxy) is 2. The third kappa shape index (κ3) is 4.63. The van der Waals surface area contributed by atoms with Crippen LogP contribution in [0.2, 0.25) is 0 Å². The van der Waals surface area contributed by atoms with Crippen LogP contribution in [0.15, 0.2) is 66.4 Å². The Morgan fingerprint density at radius 2 is 1.76 bits per heavy atom. The molecule has 0 radical (unpaired) electrons. The molecule has 37 heavy (non-hydrogen) atoms. The van der Waals surface area contributed by atoms with Crippen LogP contribution in [0.25, 0.3) is 11.4 Å². The first-order valence-corrected chi connectivity index (χ1v) is 12.3. The van der Waals surface area contributed by atoms with Crippen molar-refractivity contribution in [2.45, 2.75) is 13.0 Å². The van der Waals surface area contributed by atoms with E-state index in [-0.39, 0.29) is 11.3 Å². The number of hydrogen-bond acceptors (Lipinski definition) is 7. The van der Waals surface area contributed by atoms with Crippen molar-refractivity contribution in [3.8, 4) is 11.4 Å². The normalized spacial score (nSPS) is 19.9. The van der Waals surface area contributed by atoms with Crippen molar-refractivity contribution in [1.82, 2.24) is 19.6 Å². The molecule has 2 saturated heterocycles. The van der Waals surface area contributed by atoms with Crippen LogP contribution in [0, 0.1) is 6.92 Å². The van der Waals surface area contributed by atoms with Gasteiger partial charge < -0.3 is 19.5 Å². The highest BCUT2D eigenvalue weighted by Crippen LogP contribution is 2.42. The smallest absolute Gasteiger partial charge is 0.295 e. The Morgan fingerprint density at radius 3 is 2.49 bits per heavy atom. The van der Waals surface area contributed by atoms with Crippen molar-refractivity contribution in [1.29, 1.82) is 0 Å². The number of Topliss-reactive ketones (excluding diaryl/α,β-unsaturated/α-hetero) is 1. The molecule has 2 aromatic carbocycles. The molecule has 1 amide bonds. The molecule has 3 heterocycles. The van der Waals surface area contributed by atoms with Crippen molar-refractivity contribution in [3.05, 3.63) is 83.2 Å². The molecule has 2 aliphatic heterocycles. The van der Waals surface area contributed by atoms with E-state index < -0.39 is 17.7 Å². The number of aromatic nitrogens is 2. The molecule has 2 fully saturated rings. The topological polar surface area (TPSA) is 97.1 Å². The van der Waals surface area contributed by atoms with Crippen LogP contribution in [0.3, 0.4) is 0 Å². The maximum absolute atomic E-state index is 13.4. The fraction of sp³-hybridized carbons (Fsp3) is 0.321. The number of nitrogens with zero attached hydrogens (tertiary/aromatic N) is 4. The second-order valence-corrected chi connectivity index (χ2v) is 9.08. The van der Waals surface area contributed by atoms with E-state index in [4.69, 9.17) is 9.47 Å². The van der Waals surface area contributed by atoms with Gasteiger partial charge in [-0.25, -0.2) is 4.68 Å². The largest absolute Gasteiger partial charge is 0.507 e. The van der Waals surface area contributed by atoms with Crippen LogP contribution in [0.5, 0.6) is 5.75 Å². The van der Waals surface area contributed by atoms with Gasteiger partial charge in [-0.05, 0) is 25.1 Å². The van der Waals surface area contributed by atoms with E-state index in [0.717, 1.165) is 18.8 Å². The van der Waals surface area contributed by atoms with E-state index in [9.17, 15) is 14.7 Å². The Balaban J connectivity index is 1.58. The summed E-state index contributed by atoms with van der Waals surface area (Å²) in [7, 11) is 1.55. The number of carbonyl (C=O) groups is 2. The lowest BCUT2D eigenvalue weighted by Gasteiger charge is -2.31. The van der Waals surface area contributed by atoms with Crippen molar-refractivity contribution in [3.63, 3.8) is 0 Å². The average Bonchev–Trinajstić information content (AvgIpc) is 3.44. The number of amides is 1. The fourth-order valence-electron chi connectivity index (χ4n) is 5.02. The first-order valence-electron chi connectivity index (χ1n) is 12.3. The minimum atomic E-state index is -0.795. The SMILES string of the molecule is COc1ccccc1[C@@H]1/C(=C(\O)c2cnn(-c3ccccc3)c2C)C(=O)C(=O)N1CCN1CCOCC1. The summed E-state index contributed by atoms with van der Waals surface area (Å²) in [4.78, 5) is 30.5. The summed E-state index contributed by atoms with van der Waals surface area (Å²) in [5.74, 6) is -1.07. The molecule has 0 aliphatic carbocycles. The van der Waals surface area contributed by atoms with Crippen molar-refractivity contribution < 1.29 is 24.2 Å². The zero-order chi connectivity index (χ0) is 25.9. The summed E-state index contributed by atoms with van der Waals surface area (Å²) in [6.45, 7) is 5.54. The van der Waals surface area contributed by atoms with Crippen molar-refractivity contribution in [2.24, 2.45) is 0 Å². The van der Waals surface area contributed by atoms with Gasteiger partial charge in [-0.2, -0.15) is 5.10 Å². The molecule has 9 heteroatoms. The molecule has 0 spiro atoms. The van der Waals surface area contributed by atoms with Crippen LogP contribution >= 0.6 is 0 Å². The molecular formula is C28H30N4O5. The maximum Gasteiger partial charge on any atom is 0.295 e. The van der Waals surface area contributed by atoms with Crippen LogP contribution in [-0.4, -0.2) is 82.9 Å². The molecule has 5 rings (SSSR count). The highest BCUT2D eigenvalue weighted by atomic mass is 16.5. The summed E-state index contributed by atoms with van der Waals surface area (Å²) in [5, 5.41) is 16.0. The van der Waals surface area contributed by atoms with E-state index in [1.807, 2.05) is 55.5 Å². The molecule has 0 unspecified atom stereocenters. The number of aliphatic hydroxyl groups is 1. The minimum absolute atomic E-state index is 0.0344. The number of morpholine rings is 1. The fourth-order valence-corrected chi connectivity index (χ4v) is 5.02.